The number of carboxylic acids is 1. The van der Waals surface area contributed by atoms with Gasteiger partial charge in [0.1, 0.15) is 12.4 Å². The number of hydrogen-bond acceptors (Lipinski definition) is 4. The fourth-order valence-electron chi connectivity index (χ4n) is 3.54. The Kier molecular flexibility index (Phi) is 5.58. The molecular weight excluding hydrogens is 388 g/mol. The summed E-state index contributed by atoms with van der Waals surface area (Å²) in [6.07, 6.45) is 5.47. The van der Waals surface area contributed by atoms with Crippen LogP contribution >= 0.6 is 11.6 Å². The van der Waals surface area contributed by atoms with Crippen LogP contribution in [-0.4, -0.2) is 21.0 Å². The highest BCUT2D eigenvalue weighted by Crippen LogP contribution is 2.43. The van der Waals surface area contributed by atoms with Gasteiger partial charge in [-0.1, -0.05) is 41.9 Å². The molecule has 0 fully saturated rings. The molecule has 1 heterocycles. The Labute approximate surface area is 173 Å². The third-order valence-corrected chi connectivity index (χ3v) is 5.12. The van der Waals surface area contributed by atoms with Gasteiger partial charge in [0.2, 0.25) is 0 Å². The second kappa shape index (κ2) is 8.45. The molecule has 2 aromatic carbocycles. The maximum absolute atomic E-state index is 11.3. The van der Waals surface area contributed by atoms with Gasteiger partial charge in [-0.15, -0.1) is 0 Å². The first-order chi connectivity index (χ1) is 14.1. The molecule has 1 N–H and O–H groups in total. The third kappa shape index (κ3) is 4.30. The molecular formula is C23H19ClN2O3. The van der Waals surface area contributed by atoms with Crippen molar-refractivity contribution < 1.29 is 14.6 Å². The SMILES string of the molecule is O=C(O)c1cncc(C2=C(c3cc(Cl)ccc3OCc3ccccc3)CCC2)n1. The Hall–Kier alpha value is -3.18. The molecule has 1 aliphatic rings. The van der Waals surface area contributed by atoms with Crippen LogP contribution in [0.2, 0.25) is 5.02 Å². The number of hydrogen-bond donors (Lipinski definition) is 1. The number of halogens is 1. The Morgan fingerprint density at radius 3 is 2.66 bits per heavy atom. The van der Waals surface area contributed by atoms with Crippen LogP contribution in [0.1, 0.15) is 46.6 Å². The van der Waals surface area contributed by atoms with Crippen molar-refractivity contribution >= 4 is 28.7 Å². The van der Waals surface area contributed by atoms with E-state index in [9.17, 15) is 9.90 Å². The van der Waals surface area contributed by atoms with Crippen LogP contribution in [0.3, 0.4) is 0 Å². The highest BCUT2D eigenvalue weighted by Gasteiger charge is 2.23. The minimum atomic E-state index is -1.09. The maximum atomic E-state index is 11.3. The number of rotatable bonds is 6. The summed E-state index contributed by atoms with van der Waals surface area (Å²) in [5.41, 5.74) is 4.59. The summed E-state index contributed by atoms with van der Waals surface area (Å²) in [7, 11) is 0. The van der Waals surface area contributed by atoms with Crippen molar-refractivity contribution in [3.8, 4) is 5.75 Å². The molecule has 0 radical (unpaired) electrons. The van der Waals surface area contributed by atoms with E-state index in [1.54, 1.807) is 6.20 Å². The lowest BCUT2D eigenvalue weighted by molar-refractivity contribution is 0.0690. The van der Waals surface area contributed by atoms with E-state index in [2.05, 4.69) is 9.97 Å². The van der Waals surface area contributed by atoms with E-state index in [0.29, 0.717) is 17.3 Å². The Balaban J connectivity index is 1.72. The van der Waals surface area contributed by atoms with E-state index in [1.165, 1.54) is 6.20 Å². The van der Waals surface area contributed by atoms with Crippen LogP contribution in [0.5, 0.6) is 5.75 Å². The van der Waals surface area contributed by atoms with E-state index in [1.807, 2.05) is 48.5 Å². The quantitative estimate of drug-likeness (QED) is 0.585. The number of carboxylic acid groups (broad SMARTS) is 1. The van der Waals surface area contributed by atoms with Crippen molar-refractivity contribution in [1.82, 2.24) is 9.97 Å². The van der Waals surface area contributed by atoms with Gasteiger partial charge in [-0.3, -0.25) is 4.98 Å². The first kappa shape index (κ1) is 19.2. The average molecular weight is 407 g/mol. The molecule has 0 saturated carbocycles. The van der Waals surface area contributed by atoms with Crippen LogP contribution in [0.25, 0.3) is 11.1 Å². The second-order valence-electron chi connectivity index (χ2n) is 6.82. The van der Waals surface area contributed by atoms with Crippen LogP contribution in [0.15, 0.2) is 60.9 Å². The van der Waals surface area contributed by atoms with E-state index in [-0.39, 0.29) is 5.69 Å². The second-order valence-corrected chi connectivity index (χ2v) is 7.26. The largest absolute Gasteiger partial charge is 0.488 e. The van der Waals surface area contributed by atoms with E-state index in [4.69, 9.17) is 16.3 Å². The number of aromatic nitrogens is 2. The highest BCUT2D eigenvalue weighted by atomic mass is 35.5. The summed E-state index contributed by atoms with van der Waals surface area (Å²) in [6.45, 7) is 0.451. The fourth-order valence-corrected chi connectivity index (χ4v) is 3.71. The fraction of sp³-hybridized carbons (Fsp3) is 0.174. The third-order valence-electron chi connectivity index (χ3n) is 4.88. The number of allylic oxidation sites excluding steroid dienone is 2. The van der Waals surface area contributed by atoms with Crippen molar-refractivity contribution in [3.63, 3.8) is 0 Å². The van der Waals surface area contributed by atoms with E-state index < -0.39 is 5.97 Å². The molecule has 0 atom stereocenters. The number of aromatic carboxylic acids is 1. The normalized spacial score (nSPS) is 13.6. The number of carbonyl (C=O) groups is 1. The van der Waals surface area contributed by atoms with Gasteiger partial charge in [-0.05, 0) is 54.2 Å². The van der Waals surface area contributed by atoms with Gasteiger partial charge in [-0.25, -0.2) is 9.78 Å². The minimum Gasteiger partial charge on any atom is -0.488 e. The summed E-state index contributed by atoms with van der Waals surface area (Å²) in [5.74, 6) is -0.343. The first-order valence-electron chi connectivity index (χ1n) is 9.36. The van der Waals surface area contributed by atoms with E-state index >= 15 is 0 Å². The summed E-state index contributed by atoms with van der Waals surface area (Å²) >= 11 is 6.29. The molecule has 0 bridgehead atoms. The van der Waals surface area contributed by atoms with Gasteiger partial charge in [-0.2, -0.15) is 0 Å². The first-order valence-corrected chi connectivity index (χ1v) is 9.74. The van der Waals surface area contributed by atoms with Crippen molar-refractivity contribution in [3.05, 3.63) is 88.5 Å². The Morgan fingerprint density at radius 1 is 1.07 bits per heavy atom. The lowest BCUT2D eigenvalue weighted by Gasteiger charge is -2.15. The average Bonchev–Trinajstić information content (AvgIpc) is 3.23. The van der Waals surface area contributed by atoms with Crippen molar-refractivity contribution in [2.75, 3.05) is 0 Å². The van der Waals surface area contributed by atoms with Gasteiger partial charge >= 0.3 is 5.97 Å². The summed E-state index contributed by atoms with van der Waals surface area (Å²) in [5, 5.41) is 9.86. The van der Waals surface area contributed by atoms with Gasteiger partial charge in [0, 0.05) is 10.6 Å². The zero-order valence-corrected chi connectivity index (χ0v) is 16.4. The van der Waals surface area contributed by atoms with Crippen LogP contribution < -0.4 is 4.74 Å². The molecule has 146 valence electrons. The predicted molar refractivity (Wildman–Crippen MR) is 112 cm³/mol. The molecule has 1 aromatic heterocycles. The molecule has 0 amide bonds. The van der Waals surface area contributed by atoms with E-state index in [0.717, 1.165) is 47.3 Å². The number of nitrogens with zero attached hydrogens (tertiary/aromatic N) is 2. The highest BCUT2D eigenvalue weighted by molar-refractivity contribution is 6.30. The molecule has 4 rings (SSSR count). The zero-order chi connectivity index (χ0) is 20.2. The van der Waals surface area contributed by atoms with Gasteiger partial charge < -0.3 is 9.84 Å². The summed E-state index contributed by atoms with van der Waals surface area (Å²) in [4.78, 5) is 19.6. The number of ether oxygens (including phenoxy) is 1. The smallest absolute Gasteiger partial charge is 0.356 e. The molecule has 0 unspecified atom stereocenters. The van der Waals surface area contributed by atoms with Crippen molar-refractivity contribution in [2.24, 2.45) is 0 Å². The summed E-state index contributed by atoms with van der Waals surface area (Å²) in [6, 6.07) is 15.6. The van der Waals surface area contributed by atoms with Crippen LogP contribution in [0, 0.1) is 0 Å². The Morgan fingerprint density at radius 2 is 1.86 bits per heavy atom. The van der Waals surface area contributed by atoms with Crippen molar-refractivity contribution in [2.45, 2.75) is 25.9 Å². The Bertz CT molecular complexity index is 1080. The molecule has 6 heteroatoms. The van der Waals surface area contributed by atoms with Gasteiger partial charge in [0.15, 0.2) is 5.69 Å². The zero-order valence-electron chi connectivity index (χ0n) is 15.6. The topological polar surface area (TPSA) is 72.3 Å². The van der Waals surface area contributed by atoms with Crippen LogP contribution in [-0.2, 0) is 6.61 Å². The molecule has 0 spiro atoms. The molecule has 5 nitrogen and oxygen atoms in total. The minimum absolute atomic E-state index is 0.0621. The van der Waals surface area contributed by atoms with Crippen LogP contribution in [0.4, 0.5) is 0 Å². The molecule has 3 aromatic rings. The van der Waals surface area contributed by atoms with Crippen molar-refractivity contribution in [1.29, 1.82) is 0 Å². The molecule has 0 aliphatic heterocycles. The molecule has 29 heavy (non-hydrogen) atoms. The summed E-state index contributed by atoms with van der Waals surface area (Å²) < 4.78 is 6.11. The lowest BCUT2D eigenvalue weighted by Crippen LogP contribution is -2.04. The maximum Gasteiger partial charge on any atom is 0.356 e. The monoisotopic (exact) mass is 406 g/mol. The lowest BCUT2D eigenvalue weighted by atomic mass is 9.99. The number of benzene rings is 2. The standard InChI is InChI=1S/C23H19ClN2O3/c24-16-9-10-22(29-14-15-5-2-1-3-6-15)19(11-16)17-7-4-8-18(17)20-12-25-13-21(26-20)23(27)28/h1-3,5-6,9-13H,4,7-8,14H2,(H,27,28). The predicted octanol–water partition coefficient (Wildman–Crippen LogP) is 5.50. The van der Waals surface area contributed by atoms with Gasteiger partial charge in [0.05, 0.1) is 18.1 Å². The molecule has 0 saturated heterocycles. The molecule has 1 aliphatic carbocycles. The van der Waals surface area contributed by atoms with Gasteiger partial charge in [0.25, 0.3) is 0 Å².